The van der Waals surface area contributed by atoms with Crippen molar-refractivity contribution in [1.29, 1.82) is 0 Å². The minimum absolute atomic E-state index is 0.480. The Labute approximate surface area is 387 Å². The van der Waals surface area contributed by atoms with Crippen LogP contribution < -0.4 is 0 Å². The van der Waals surface area contributed by atoms with Gasteiger partial charge in [-0.05, 0) is 113 Å². The monoisotopic (exact) mass is 859 g/mol. The van der Waals surface area contributed by atoms with Crippen molar-refractivity contribution in [2.45, 2.75) is 13.3 Å². The van der Waals surface area contributed by atoms with Gasteiger partial charge >= 0.3 is 0 Å². The van der Waals surface area contributed by atoms with Crippen molar-refractivity contribution in [2.24, 2.45) is 5.92 Å². The van der Waals surface area contributed by atoms with Gasteiger partial charge in [0, 0.05) is 36.9 Å². The molecular weight excluding hydrogens is 819 g/mol. The van der Waals surface area contributed by atoms with Gasteiger partial charge in [-0.3, -0.25) is 0 Å². The van der Waals surface area contributed by atoms with Crippen LogP contribution in [0, 0.1) is 5.92 Å². The van der Waals surface area contributed by atoms with Crippen molar-refractivity contribution in [3.8, 4) is 67.5 Å². The van der Waals surface area contributed by atoms with Crippen molar-refractivity contribution < 1.29 is 0 Å². The van der Waals surface area contributed by atoms with Gasteiger partial charge in [0.2, 0.25) is 0 Å². The molecule has 0 saturated heterocycles. The number of benzene rings is 10. The van der Waals surface area contributed by atoms with Gasteiger partial charge in [-0.2, -0.15) is 0 Å². The number of aromatic nitrogens is 3. The highest BCUT2D eigenvalue weighted by Crippen LogP contribution is 2.44. The van der Waals surface area contributed by atoms with Crippen LogP contribution in [-0.2, 0) is 6.42 Å². The molecule has 3 nitrogen and oxygen atoms in total. The van der Waals surface area contributed by atoms with E-state index in [1.165, 1.54) is 58.8 Å². The molecule has 10 aromatic carbocycles. The van der Waals surface area contributed by atoms with Crippen LogP contribution >= 0.6 is 11.3 Å². The van der Waals surface area contributed by atoms with Crippen LogP contribution in [0.4, 0.5) is 0 Å². The summed E-state index contributed by atoms with van der Waals surface area (Å²) in [4.78, 5) is 16.6. The minimum Gasteiger partial charge on any atom is -0.208 e. The smallest absolute Gasteiger partial charge is 0.165 e. The van der Waals surface area contributed by atoms with E-state index in [9.17, 15) is 0 Å². The molecule has 0 radical (unpaired) electrons. The molecule has 0 saturated carbocycles. The minimum atomic E-state index is 0.480. The summed E-state index contributed by atoms with van der Waals surface area (Å²) in [6.07, 6.45) is 5.68. The summed E-state index contributed by atoms with van der Waals surface area (Å²) in [6, 6.07) is 72.4. The largest absolute Gasteiger partial charge is 0.208 e. The lowest BCUT2D eigenvalue weighted by molar-refractivity contribution is 0.718. The summed E-state index contributed by atoms with van der Waals surface area (Å²) >= 11 is 1.80. The summed E-state index contributed by atoms with van der Waals surface area (Å²) in [5.74, 6) is 2.42. The van der Waals surface area contributed by atoms with Crippen LogP contribution in [0.2, 0.25) is 0 Å². The third-order valence-electron chi connectivity index (χ3n) is 13.5. The first kappa shape index (κ1) is 38.4. The van der Waals surface area contributed by atoms with Crippen LogP contribution in [0.1, 0.15) is 18.1 Å². The number of thiophene rings is 1. The van der Waals surface area contributed by atoms with E-state index < -0.39 is 0 Å². The van der Waals surface area contributed by atoms with Gasteiger partial charge in [0.25, 0.3) is 0 Å². The highest BCUT2D eigenvalue weighted by molar-refractivity contribution is 7.26. The third kappa shape index (κ3) is 6.44. The average Bonchev–Trinajstić information content (AvgIpc) is 3.76. The Bertz CT molecular complexity index is 3930. The molecule has 0 fully saturated rings. The topological polar surface area (TPSA) is 38.7 Å². The molecule has 0 bridgehead atoms. The summed E-state index contributed by atoms with van der Waals surface area (Å²) in [5, 5.41) is 9.27. The molecule has 2 heterocycles. The lowest BCUT2D eigenvalue weighted by atomic mass is 9.83. The van der Waals surface area contributed by atoms with E-state index >= 15 is 0 Å². The van der Waals surface area contributed by atoms with Crippen LogP contribution in [0.3, 0.4) is 0 Å². The molecule has 310 valence electrons. The van der Waals surface area contributed by atoms with E-state index in [1.807, 2.05) is 0 Å². The first-order valence-corrected chi connectivity index (χ1v) is 23.5. The highest BCUT2D eigenvalue weighted by atomic mass is 32.1. The number of hydrogen-bond donors (Lipinski definition) is 0. The second kappa shape index (κ2) is 15.6. The van der Waals surface area contributed by atoms with E-state index in [2.05, 4.69) is 219 Å². The molecule has 1 aliphatic rings. The van der Waals surface area contributed by atoms with Gasteiger partial charge in [0.05, 0.1) is 0 Å². The van der Waals surface area contributed by atoms with Gasteiger partial charge in [0.1, 0.15) is 0 Å². The van der Waals surface area contributed by atoms with E-state index in [-0.39, 0.29) is 0 Å². The molecule has 66 heavy (non-hydrogen) atoms. The zero-order chi connectivity index (χ0) is 43.7. The van der Waals surface area contributed by atoms with Gasteiger partial charge < -0.3 is 0 Å². The number of hydrogen-bond acceptors (Lipinski definition) is 4. The zero-order valence-corrected chi connectivity index (χ0v) is 37.1. The molecule has 1 aliphatic carbocycles. The fraction of sp³-hybridized carbons (Fsp3) is 0.0484. The van der Waals surface area contributed by atoms with E-state index in [0.29, 0.717) is 23.4 Å². The van der Waals surface area contributed by atoms with Crippen LogP contribution in [-0.4, -0.2) is 15.0 Å². The molecule has 0 amide bonds. The number of nitrogens with zero attached hydrogens (tertiary/aromatic N) is 3. The van der Waals surface area contributed by atoms with Gasteiger partial charge in [-0.1, -0.05) is 195 Å². The van der Waals surface area contributed by atoms with Crippen LogP contribution in [0.5, 0.6) is 0 Å². The van der Waals surface area contributed by atoms with Gasteiger partial charge in [0.15, 0.2) is 17.5 Å². The Hall–Kier alpha value is -8.05. The van der Waals surface area contributed by atoms with E-state index in [1.54, 1.807) is 11.3 Å². The lowest BCUT2D eigenvalue weighted by Crippen LogP contribution is -2.05. The number of fused-ring (bicyclic) bond motifs is 7. The van der Waals surface area contributed by atoms with Crippen molar-refractivity contribution in [3.63, 3.8) is 0 Å². The second-order valence-corrected chi connectivity index (χ2v) is 18.6. The summed E-state index contributed by atoms with van der Waals surface area (Å²) < 4.78 is 2.41. The molecule has 1 unspecified atom stereocenters. The third-order valence-corrected chi connectivity index (χ3v) is 14.7. The zero-order valence-electron chi connectivity index (χ0n) is 36.2. The fourth-order valence-corrected chi connectivity index (χ4v) is 11.5. The number of allylic oxidation sites excluding steroid dienone is 1. The average molecular weight is 860 g/mol. The normalized spacial score (nSPS) is 13.6. The summed E-state index contributed by atoms with van der Waals surface area (Å²) in [5.41, 5.74) is 12.7. The molecule has 12 aromatic rings. The number of rotatable bonds is 6. The Morgan fingerprint density at radius 2 is 1.03 bits per heavy atom. The van der Waals surface area contributed by atoms with Crippen molar-refractivity contribution in [1.82, 2.24) is 15.0 Å². The van der Waals surface area contributed by atoms with Crippen molar-refractivity contribution in [2.75, 3.05) is 0 Å². The standard InChI is InChI=1S/C62H41N3S/c1-38-28-32-47-45(34-38)35-44(37-55(47)40-14-3-2-4-15-40)43-30-29-42-19-12-25-53(56(42)36-43)60-63-61(54-26-13-24-52-50-22-9-10-27-57(50)66-59(52)54)65-62(64-60)58-48-21-8-6-17-41(48)31-33-51(58)49-23-11-18-39-16-5-7-20-46(39)49/h2-33,35-38H,34H2,1H3. The lowest BCUT2D eigenvalue weighted by Gasteiger charge is -2.21. The summed E-state index contributed by atoms with van der Waals surface area (Å²) in [7, 11) is 0. The SMILES string of the molecule is CC1C=Cc2c(cc(-c3ccc4cccc(-c5nc(-c6c(-c7cccc8ccccc78)ccc7ccccc67)nc(-c6cccc7c6sc6ccccc67)n5)c4c3)cc2-c2ccccc2)C1. The Balaban J connectivity index is 1.08. The predicted octanol–water partition coefficient (Wildman–Crippen LogP) is 16.9. The van der Waals surface area contributed by atoms with Gasteiger partial charge in [-0.15, -0.1) is 11.3 Å². The molecule has 4 heteroatoms. The Morgan fingerprint density at radius 1 is 0.409 bits per heavy atom. The highest BCUT2D eigenvalue weighted by Gasteiger charge is 2.23. The van der Waals surface area contributed by atoms with Crippen LogP contribution in [0.25, 0.3) is 126 Å². The maximum absolute atomic E-state index is 5.58. The molecular formula is C62H41N3S. The van der Waals surface area contributed by atoms with Gasteiger partial charge in [-0.25, -0.2) is 15.0 Å². The van der Waals surface area contributed by atoms with E-state index in [4.69, 9.17) is 15.0 Å². The molecule has 2 aromatic heterocycles. The molecule has 0 aliphatic heterocycles. The Morgan fingerprint density at radius 3 is 1.88 bits per heavy atom. The predicted molar refractivity (Wildman–Crippen MR) is 280 cm³/mol. The van der Waals surface area contributed by atoms with Crippen molar-refractivity contribution in [3.05, 3.63) is 217 Å². The molecule has 0 N–H and O–H groups in total. The maximum atomic E-state index is 5.58. The second-order valence-electron chi connectivity index (χ2n) is 17.6. The molecule has 0 spiro atoms. The first-order chi connectivity index (χ1) is 32.6. The Kier molecular flexibility index (Phi) is 9.07. The van der Waals surface area contributed by atoms with Crippen molar-refractivity contribution >= 4 is 69.9 Å². The first-order valence-electron chi connectivity index (χ1n) is 22.7. The van der Waals surface area contributed by atoms with Crippen LogP contribution in [0.15, 0.2) is 206 Å². The molecule has 1 atom stereocenters. The molecule has 13 rings (SSSR count). The maximum Gasteiger partial charge on any atom is 0.165 e. The van der Waals surface area contributed by atoms with E-state index in [0.717, 1.165) is 61.3 Å². The quantitative estimate of drug-likeness (QED) is 0.167. The summed E-state index contributed by atoms with van der Waals surface area (Å²) in [6.45, 7) is 2.30. The fourth-order valence-electron chi connectivity index (χ4n) is 10.3.